The van der Waals surface area contributed by atoms with Crippen molar-refractivity contribution >= 4 is 10.9 Å². The summed E-state index contributed by atoms with van der Waals surface area (Å²) < 4.78 is 12.1. The Labute approximate surface area is 81.0 Å². The molecule has 72 valence electrons. The van der Waals surface area contributed by atoms with Crippen LogP contribution in [0.4, 0.5) is 4.39 Å². The first kappa shape index (κ1) is 8.94. The van der Waals surface area contributed by atoms with Crippen molar-refractivity contribution in [1.82, 2.24) is 4.98 Å². The van der Waals surface area contributed by atoms with Gasteiger partial charge in [0.1, 0.15) is 11.3 Å². The number of phenols is 1. The average molecular weight is 191 g/mol. The third-order valence-corrected chi connectivity index (χ3v) is 2.11. The SMILES string of the molecule is Oc1cccc2ccc(CCF)nc12. The van der Waals surface area contributed by atoms with Gasteiger partial charge in [0.25, 0.3) is 0 Å². The Balaban J connectivity index is 2.58. The van der Waals surface area contributed by atoms with Crippen molar-refractivity contribution in [2.24, 2.45) is 0 Å². The van der Waals surface area contributed by atoms with Gasteiger partial charge in [0.15, 0.2) is 0 Å². The van der Waals surface area contributed by atoms with Gasteiger partial charge in [0.2, 0.25) is 0 Å². The van der Waals surface area contributed by atoms with Crippen LogP contribution < -0.4 is 0 Å². The van der Waals surface area contributed by atoms with E-state index in [1.807, 2.05) is 12.1 Å². The summed E-state index contributed by atoms with van der Waals surface area (Å²) in [5, 5.41) is 10.4. The largest absolute Gasteiger partial charge is 0.506 e. The summed E-state index contributed by atoms with van der Waals surface area (Å²) in [5.74, 6) is 0.142. The molecule has 0 radical (unpaired) electrons. The smallest absolute Gasteiger partial charge is 0.141 e. The molecule has 1 heterocycles. The molecule has 1 N–H and O–H groups in total. The number of aromatic nitrogens is 1. The van der Waals surface area contributed by atoms with E-state index < -0.39 is 6.67 Å². The summed E-state index contributed by atoms with van der Waals surface area (Å²) in [6, 6.07) is 8.82. The number of hydrogen-bond acceptors (Lipinski definition) is 2. The van der Waals surface area contributed by atoms with E-state index in [1.54, 1.807) is 18.2 Å². The first-order valence-corrected chi connectivity index (χ1v) is 4.45. The Kier molecular flexibility index (Phi) is 2.31. The number of halogens is 1. The molecule has 0 amide bonds. The summed E-state index contributed by atoms with van der Waals surface area (Å²) in [6.45, 7) is -0.425. The lowest BCUT2D eigenvalue weighted by atomic mass is 10.2. The fourth-order valence-electron chi connectivity index (χ4n) is 1.41. The maximum atomic E-state index is 12.1. The van der Waals surface area contributed by atoms with Crippen LogP contribution >= 0.6 is 0 Å². The number of rotatable bonds is 2. The fraction of sp³-hybridized carbons (Fsp3) is 0.182. The predicted octanol–water partition coefficient (Wildman–Crippen LogP) is 2.45. The van der Waals surface area contributed by atoms with Crippen molar-refractivity contribution in [2.45, 2.75) is 6.42 Å². The molecular formula is C11H10FNO. The maximum Gasteiger partial charge on any atom is 0.141 e. The second kappa shape index (κ2) is 3.62. The number of aryl methyl sites for hydroxylation is 1. The van der Waals surface area contributed by atoms with E-state index >= 15 is 0 Å². The van der Waals surface area contributed by atoms with Gasteiger partial charge >= 0.3 is 0 Å². The molecule has 0 saturated heterocycles. The third-order valence-electron chi connectivity index (χ3n) is 2.11. The normalized spacial score (nSPS) is 10.6. The molecule has 1 aromatic heterocycles. The maximum absolute atomic E-state index is 12.1. The van der Waals surface area contributed by atoms with E-state index in [9.17, 15) is 9.50 Å². The van der Waals surface area contributed by atoms with Gasteiger partial charge in [-0.1, -0.05) is 18.2 Å². The lowest BCUT2D eigenvalue weighted by Gasteiger charge is -2.02. The Morgan fingerprint density at radius 3 is 2.86 bits per heavy atom. The van der Waals surface area contributed by atoms with E-state index in [-0.39, 0.29) is 5.75 Å². The van der Waals surface area contributed by atoms with E-state index in [1.165, 1.54) is 0 Å². The third kappa shape index (κ3) is 1.53. The van der Waals surface area contributed by atoms with Gasteiger partial charge in [-0.2, -0.15) is 0 Å². The predicted molar refractivity (Wildman–Crippen MR) is 53.1 cm³/mol. The van der Waals surface area contributed by atoms with Crippen LogP contribution in [-0.2, 0) is 6.42 Å². The lowest BCUT2D eigenvalue weighted by Crippen LogP contribution is -1.91. The molecule has 2 nitrogen and oxygen atoms in total. The van der Waals surface area contributed by atoms with E-state index in [0.29, 0.717) is 17.6 Å². The molecule has 0 unspecified atom stereocenters. The van der Waals surface area contributed by atoms with Gasteiger partial charge in [-0.25, -0.2) is 4.98 Å². The zero-order chi connectivity index (χ0) is 9.97. The van der Waals surface area contributed by atoms with Gasteiger partial charge in [0, 0.05) is 17.5 Å². The molecule has 0 saturated carbocycles. The van der Waals surface area contributed by atoms with E-state index in [0.717, 1.165) is 5.39 Å². The van der Waals surface area contributed by atoms with Gasteiger partial charge in [-0.05, 0) is 12.1 Å². The summed E-state index contributed by atoms with van der Waals surface area (Å²) in [4.78, 5) is 4.17. The number of benzene rings is 1. The summed E-state index contributed by atoms with van der Waals surface area (Å²) in [6.07, 6.45) is 0.296. The standard InChI is InChI=1S/C11H10FNO/c12-7-6-9-5-4-8-2-1-3-10(14)11(8)13-9/h1-5,14H,6-7H2. The topological polar surface area (TPSA) is 33.1 Å². The van der Waals surface area contributed by atoms with Crippen LogP contribution in [0.5, 0.6) is 5.75 Å². The average Bonchev–Trinajstić information content (AvgIpc) is 2.20. The van der Waals surface area contributed by atoms with Gasteiger partial charge in [-0.15, -0.1) is 0 Å². The van der Waals surface area contributed by atoms with Crippen molar-refractivity contribution < 1.29 is 9.50 Å². The molecule has 0 fully saturated rings. The number of para-hydroxylation sites is 1. The number of fused-ring (bicyclic) bond motifs is 1. The van der Waals surface area contributed by atoms with Crippen LogP contribution in [0.25, 0.3) is 10.9 Å². The minimum Gasteiger partial charge on any atom is -0.506 e. The first-order chi connectivity index (χ1) is 6.81. The second-order valence-electron chi connectivity index (χ2n) is 3.09. The molecular weight excluding hydrogens is 181 g/mol. The Hall–Kier alpha value is -1.64. The van der Waals surface area contributed by atoms with Crippen LogP contribution in [0.3, 0.4) is 0 Å². The molecule has 0 atom stereocenters. The van der Waals surface area contributed by atoms with Gasteiger partial charge in [-0.3, -0.25) is 4.39 Å². The molecule has 0 aliphatic carbocycles. The molecule has 3 heteroatoms. The lowest BCUT2D eigenvalue weighted by molar-refractivity contribution is 0.478. The summed E-state index contributed by atoms with van der Waals surface area (Å²) >= 11 is 0. The number of aromatic hydroxyl groups is 1. The number of hydrogen-bond donors (Lipinski definition) is 1. The molecule has 2 rings (SSSR count). The molecule has 14 heavy (non-hydrogen) atoms. The highest BCUT2D eigenvalue weighted by atomic mass is 19.1. The van der Waals surface area contributed by atoms with E-state index in [2.05, 4.69) is 4.98 Å². The first-order valence-electron chi connectivity index (χ1n) is 4.45. The van der Waals surface area contributed by atoms with E-state index in [4.69, 9.17) is 0 Å². The minimum atomic E-state index is -0.425. The zero-order valence-corrected chi connectivity index (χ0v) is 7.57. The molecule has 0 bridgehead atoms. The molecule has 0 aliphatic heterocycles. The van der Waals surface area contributed by atoms with Crippen molar-refractivity contribution in [2.75, 3.05) is 6.67 Å². The monoisotopic (exact) mass is 191 g/mol. The van der Waals surface area contributed by atoms with Crippen LogP contribution in [0.15, 0.2) is 30.3 Å². The fourth-order valence-corrected chi connectivity index (χ4v) is 1.41. The van der Waals surface area contributed by atoms with Crippen LogP contribution in [0, 0.1) is 0 Å². The van der Waals surface area contributed by atoms with Crippen LogP contribution in [0.1, 0.15) is 5.69 Å². The Bertz CT molecular complexity index is 456. The number of phenolic OH excluding ortho intramolecular Hbond substituents is 1. The summed E-state index contributed by atoms with van der Waals surface area (Å²) in [5.41, 5.74) is 1.21. The molecule has 0 spiro atoms. The zero-order valence-electron chi connectivity index (χ0n) is 7.57. The van der Waals surface area contributed by atoms with Gasteiger partial charge in [0.05, 0.1) is 6.67 Å². The highest BCUT2D eigenvalue weighted by molar-refractivity contribution is 5.84. The highest BCUT2D eigenvalue weighted by Gasteiger charge is 2.01. The summed E-state index contributed by atoms with van der Waals surface area (Å²) in [7, 11) is 0. The number of pyridine rings is 1. The molecule has 2 aromatic rings. The van der Waals surface area contributed by atoms with Crippen molar-refractivity contribution in [3.05, 3.63) is 36.0 Å². The van der Waals surface area contributed by atoms with Crippen molar-refractivity contribution in [3.8, 4) is 5.75 Å². The van der Waals surface area contributed by atoms with Crippen LogP contribution in [0.2, 0.25) is 0 Å². The van der Waals surface area contributed by atoms with Crippen molar-refractivity contribution in [1.29, 1.82) is 0 Å². The minimum absolute atomic E-state index is 0.142. The molecule has 1 aromatic carbocycles. The number of nitrogens with zero attached hydrogens (tertiary/aromatic N) is 1. The highest BCUT2D eigenvalue weighted by Crippen LogP contribution is 2.22. The Morgan fingerprint density at radius 1 is 1.21 bits per heavy atom. The molecule has 0 aliphatic rings. The van der Waals surface area contributed by atoms with Crippen LogP contribution in [-0.4, -0.2) is 16.8 Å². The van der Waals surface area contributed by atoms with Gasteiger partial charge < -0.3 is 5.11 Å². The quantitative estimate of drug-likeness (QED) is 0.790. The Morgan fingerprint density at radius 2 is 2.07 bits per heavy atom. The second-order valence-corrected chi connectivity index (χ2v) is 3.09. The number of alkyl halides is 1. The van der Waals surface area contributed by atoms with Crippen molar-refractivity contribution in [3.63, 3.8) is 0 Å².